The summed E-state index contributed by atoms with van der Waals surface area (Å²) in [5, 5.41) is 0. The first-order chi connectivity index (χ1) is 9.19. The molecule has 0 aliphatic heterocycles. The van der Waals surface area contributed by atoms with E-state index in [1.54, 1.807) is 19.4 Å². The van der Waals surface area contributed by atoms with Gasteiger partial charge < -0.3 is 19.9 Å². The number of hydrogen-bond acceptors (Lipinski definition) is 5. The lowest BCUT2D eigenvalue weighted by molar-refractivity contribution is 0.146. The lowest BCUT2D eigenvalue weighted by Gasteiger charge is -2.23. The summed E-state index contributed by atoms with van der Waals surface area (Å²) in [4.78, 5) is 18.9. The van der Waals surface area contributed by atoms with Crippen LogP contribution in [0.3, 0.4) is 0 Å². The van der Waals surface area contributed by atoms with E-state index in [4.69, 9.17) is 14.9 Å². The third-order valence-corrected chi connectivity index (χ3v) is 3.21. The van der Waals surface area contributed by atoms with E-state index in [0.29, 0.717) is 23.6 Å². The van der Waals surface area contributed by atoms with Crippen molar-refractivity contribution in [3.63, 3.8) is 0 Å². The van der Waals surface area contributed by atoms with Crippen LogP contribution in [0.15, 0.2) is 27.9 Å². The van der Waals surface area contributed by atoms with Crippen LogP contribution in [0.5, 0.6) is 0 Å². The molecule has 19 heavy (non-hydrogen) atoms. The molecule has 6 nitrogen and oxygen atoms in total. The second-order valence-corrected chi connectivity index (χ2v) is 4.37. The molecule has 2 aromatic rings. The van der Waals surface area contributed by atoms with Gasteiger partial charge in [-0.2, -0.15) is 0 Å². The first-order valence-corrected chi connectivity index (χ1v) is 5.84. The summed E-state index contributed by atoms with van der Waals surface area (Å²) >= 11 is 0. The normalized spacial score (nSPS) is 17.9. The van der Waals surface area contributed by atoms with Crippen LogP contribution in [0, 0.1) is 0 Å². The summed E-state index contributed by atoms with van der Waals surface area (Å²) in [5.74, 6) is 0.962. The van der Waals surface area contributed by atoms with Gasteiger partial charge in [0.05, 0.1) is 12.3 Å². The van der Waals surface area contributed by atoms with Crippen LogP contribution < -0.4 is 11.2 Å². The lowest BCUT2D eigenvalue weighted by atomic mass is 9.92. The molecule has 0 fully saturated rings. The number of pyridine rings is 1. The van der Waals surface area contributed by atoms with Gasteiger partial charge in [-0.05, 0) is 6.08 Å². The molecule has 0 amide bonds. The van der Waals surface area contributed by atoms with Gasteiger partial charge in [0.2, 0.25) is 0 Å². The van der Waals surface area contributed by atoms with Crippen LogP contribution >= 0.6 is 0 Å². The fourth-order valence-corrected chi connectivity index (χ4v) is 2.31. The molecule has 0 aromatic carbocycles. The van der Waals surface area contributed by atoms with Crippen molar-refractivity contribution >= 4 is 17.5 Å². The topological polar surface area (TPSA) is 94.1 Å². The molecule has 0 spiro atoms. The molecule has 3 N–H and O–H groups in total. The van der Waals surface area contributed by atoms with Crippen LogP contribution in [0.4, 0.5) is 5.82 Å². The molecule has 98 valence electrons. The molecular formula is C13H13N3O3. The Kier molecular flexibility index (Phi) is 2.72. The van der Waals surface area contributed by atoms with Crippen LogP contribution in [0.25, 0.3) is 11.6 Å². The second-order valence-electron chi connectivity index (χ2n) is 4.37. The highest BCUT2D eigenvalue weighted by atomic mass is 16.5. The summed E-state index contributed by atoms with van der Waals surface area (Å²) < 4.78 is 10.7. The number of fused-ring (bicyclic) bond motifs is 1. The minimum absolute atomic E-state index is 0.113. The Hall–Kier alpha value is -2.34. The number of nitrogens with two attached hydrogens (primary N) is 1. The summed E-state index contributed by atoms with van der Waals surface area (Å²) in [6.07, 6.45) is 5.07. The summed E-state index contributed by atoms with van der Waals surface area (Å²) in [5.41, 5.74) is 7.72. The molecule has 3 rings (SSSR count). The van der Waals surface area contributed by atoms with E-state index in [2.05, 4.69) is 9.97 Å². The van der Waals surface area contributed by atoms with E-state index in [1.807, 2.05) is 0 Å². The standard InChI is InChI=1S/C13H13N3O3/c1-18-11-3-9-7(10(17)4-13(14)16-9)2-8(11)12-5-15-6-19-12/h2,4-6,11H,3H2,1H3,(H3,14,16,17). The zero-order chi connectivity index (χ0) is 13.4. The quantitative estimate of drug-likeness (QED) is 0.840. The average molecular weight is 259 g/mol. The highest BCUT2D eigenvalue weighted by molar-refractivity contribution is 5.84. The van der Waals surface area contributed by atoms with Gasteiger partial charge in [0, 0.05) is 36.4 Å². The maximum atomic E-state index is 12.0. The van der Waals surface area contributed by atoms with Crippen LogP contribution in [-0.2, 0) is 11.2 Å². The number of hydrogen-bond donors (Lipinski definition) is 2. The van der Waals surface area contributed by atoms with Crippen molar-refractivity contribution in [3.05, 3.63) is 45.9 Å². The lowest BCUT2D eigenvalue weighted by Crippen LogP contribution is -2.25. The smallest absolute Gasteiger partial charge is 0.191 e. The fourth-order valence-electron chi connectivity index (χ4n) is 2.31. The van der Waals surface area contributed by atoms with Crippen molar-refractivity contribution in [2.75, 3.05) is 12.8 Å². The van der Waals surface area contributed by atoms with Gasteiger partial charge in [-0.25, -0.2) is 4.98 Å². The molecule has 0 saturated carbocycles. The van der Waals surface area contributed by atoms with E-state index in [1.165, 1.54) is 12.5 Å². The van der Waals surface area contributed by atoms with E-state index in [0.717, 1.165) is 11.3 Å². The summed E-state index contributed by atoms with van der Waals surface area (Å²) in [6, 6.07) is 1.38. The van der Waals surface area contributed by atoms with Gasteiger partial charge in [0.1, 0.15) is 5.82 Å². The van der Waals surface area contributed by atoms with Crippen LogP contribution in [-0.4, -0.2) is 23.2 Å². The number of methoxy groups -OCH3 is 1. The molecule has 1 unspecified atom stereocenters. The zero-order valence-electron chi connectivity index (χ0n) is 10.3. The third-order valence-electron chi connectivity index (χ3n) is 3.21. The molecule has 0 saturated heterocycles. The Labute approximate surface area is 108 Å². The Morgan fingerprint density at radius 1 is 1.58 bits per heavy atom. The molecule has 2 heterocycles. The molecule has 0 radical (unpaired) electrons. The van der Waals surface area contributed by atoms with Crippen molar-refractivity contribution < 1.29 is 9.15 Å². The maximum absolute atomic E-state index is 12.0. The number of aromatic amines is 1. The first kappa shape index (κ1) is 11.7. The Balaban J connectivity index is 2.18. The SMILES string of the molecule is COC1Cc2[nH]c(N)cc(=O)c2C=C1c1cnco1. The maximum Gasteiger partial charge on any atom is 0.191 e. The van der Waals surface area contributed by atoms with Gasteiger partial charge in [0.25, 0.3) is 0 Å². The number of nitrogens with one attached hydrogen (secondary N) is 1. The number of oxazole rings is 1. The van der Waals surface area contributed by atoms with Crippen molar-refractivity contribution in [1.29, 1.82) is 0 Å². The van der Waals surface area contributed by atoms with Gasteiger partial charge in [-0.15, -0.1) is 0 Å². The number of nitrogen functional groups attached to an aromatic ring is 1. The number of nitrogens with zero attached hydrogens (tertiary/aromatic N) is 1. The van der Waals surface area contributed by atoms with E-state index < -0.39 is 0 Å². The van der Waals surface area contributed by atoms with Gasteiger partial charge in [0.15, 0.2) is 17.6 Å². The molecule has 1 aliphatic rings. The van der Waals surface area contributed by atoms with Crippen molar-refractivity contribution in [2.24, 2.45) is 0 Å². The number of ether oxygens (including phenoxy) is 1. The highest BCUT2D eigenvalue weighted by Crippen LogP contribution is 2.30. The number of H-pyrrole nitrogens is 1. The molecular weight excluding hydrogens is 246 g/mol. The Morgan fingerprint density at radius 2 is 2.42 bits per heavy atom. The van der Waals surface area contributed by atoms with Gasteiger partial charge in [-0.3, -0.25) is 4.79 Å². The first-order valence-electron chi connectivity index (χ1n) is 5.84. The summed E-state index contributed by atoms with van der Waals surface area (Å²) in [6.45, 7) is 0. The number of rotatable bonds is 2. The van der Waals surface area contributed by atoms with Crippen molar-refractivity contribution in [2.45, 2.75) is 12.5 Å². The Bertz CT molecular complexity index is 686. The highest BCUT2D eigenvalue weighted by Gasteiger charge is 2.26. The largest absolute Gasteiger partial charge is 0.444 e. The van der Waals surface area contributed by atoms with E-state index >= 15 is 0 Å². The van der Waals surface area contributed by atoms with Crippen LogP contribution in [0.2, 0.25) is 0 Å². The average Bonchev–Trinajstić information content (AvgIpc) is 2.91. The zero-order valence-corrected chi connectivity index (χ0v) is 10.3. The monoisotopic (exact) mass is 259 g/mol. The van der Waals surface area contributed by atoms with Gasteiger partial charge >= 0.3 is 0 Å². The molecule has 1 atom stereocenters. The minimum Gasteiger partial charge on any atom is -0.444 e. The predicted octanol–water partition coefficient (Wildman–Crippen LogP) is 1.06. The molecule has 2 aromatic heterocycles. The fraction of sp³-hybridized carbons (Fsp3) is 0.231. The summed E-state index contributed by atoms with van der Waals surface area (Å²) in [7, 11) is 1.62. The van der Waals surface area contributed by atoms with Crippen molar-refractivity contribution in [3.8, 4) is 0 Å². The number of aromatic nitrogens is 2. The van der Waals surface area contributed by atoms with Crippen LogP contribution in [0.1, 0.15) is 17.0 Å². The van der Waals surface area contributed by atoms with Gasteiger partial charge in [-0.1, -0.05) is 0 Å². The van der Waals surface area contributed by atoms with E-state index in [-0.39, 0.29) is 11.5 Å². The molecule has 6 heteroatoms. The predicted molar refractivity (Wildman–Crippen MR) is 70.4 cm³/mol. The molecule has 0 bridgehead atoms. The second kappa shape index (κ2) is 4.40. The van der Waals surface area contributed by atoms with Crippen molar-refractivity contribution in [1.82, 2.24) is 9.97 Å². The van der Waals surface area contributed by atoms with E-state index in [9.17, 15) is 4.79 Å². The molecule has 1 aliphatic carbocycles. The Morgan fingerprint density at radius 3 is 3.11 bits per heavy atom. The third kappa shape index (κ3) is 1.96. The minimum atomic E-state index is -0.196. The number of anilines is 1.